The molecule has 1 atom stereocenters. The van der Waals surface area contributed by atoms with Crippen molar-refractivity contribution in [2.75, 3.05) is 0 Å². The first-order valence-electron chi connectivity index (χ1n) is 10.4. The van der Waals surface area contributed by atoms with Gasteiger partial charge in [0.05, 0.1) is 11.5 Å². The molecular weight excluding hydrogens is 401 g/mol. The zero-order chi connectivity index (χ0) is 22.3. The highest BCUT2D eigenvalue weighted by Gasteiger charge is 2.29. The van der Waals surface area contributed by atoms with E-state index < -0.39 is 23.6 Å². The molecule has 0 aliphatic heterocycles. The van der Waals surface area contributed by atoms with E-state index in [1.165, 1.54) is 17.7 Å². The lowest BCUT2D eigenvalue weighted by Crippen LogP contribution is -2.15. The minimum Gasteiger partial charge on any atom is -0.481 e. The lowest BCUT2D eigenvalue weighted by Gasteiger charge is -2.13. The van der Waals surface area contributed by atoms with Crippen molar-refractivity contribution in [2.45, 2.75) is 38.3 Å². The normalized spacial score (nSPS) is 12.5. The van der Waals surface area contributed by atoms with Crippen molar-refractivity contribution in [3.8, 4) is 11.1 Å². The molecule has 0 fully saturated rings. The topological polar surface area (TPSA) is 37.3 Å². The monoisotopic (exact) mass is 426 g/mol. The Kier molecular flexibility index (Phi) is 7.50. The number of halogens is 3. The quantitative estimate of drug-likeness (QED) is 0.399. The number of aliphatic carboxylic acids is 1. The molecule has 0 radical (unpaired) electrons. The molecule has 3 aromatic rings. The van der Waals surface area contributed by atoms with Crippen LogP contribution in [0.15, 0.2) is 78.9 Å². The second-order valence-corrected chi connectivity index (χ2v) is 7.72. The smallest absolute Gasteiger partial charge is 0.416 e. The molecule has 0 amide bonds. The number of rotatable bonds is 9. The fourth-order valence-electron chi connectivity index (χ4n) is 3.64. The molecule has 3 rings (SSSR count). The first-order valence-corrected chi connectivity index (χ1v) is 10.4. The second kappa shape index (κ2) is 10.3. The van der Waals surface area contributed by atoms with E-state index in [4.69, 9.17) is 0 Å². The molecule has 0 heterocycles. The fraction of sp³-hybridized carbons (Fsp3) is 0.269. The van der Waals surface area contributed by atoms with Gasteiger partial charge in [-0.05, 0) is 66.5 Å². The molecule has 2 nitrogen and oxygen atoms in total. The van der Waals surface area contributed by atoms with Crippen LogP contribution in [0.2, 0.25) is 0 Å². The summed E-state index contributed by atoms with van der Waals surface area (Å²) < 4.78 is 38.1. The van der Waals surface area contributed by atoms with Crippen LogP contribution in [0.1, 0.15) is 36.0 Å². The van der Waals surface area contributed by atoms with Crippen LogP contribution in [0.3, 0.4) is 0 Å². The summed E-state index contributed by atoms with van der Waals surface area (Å²) in [5.74, 6) is -1.16. The molecule has 1 N–H and O–H groups in total. The highest BCUT2D eigenvalue weighted by atomic mass is 19.4. The minimum absolute atomic E-state index is 0.390. The van der Waals surface area contributed by atoms with Crippen LogP contribution < -0.4 is 0 Å². The van der Waals surface area contributed by atoms with Gasteiger partial charge in [0.25, 0.3) is 0 Å². The van der Waals surface area contributed by atoms with Gasteiger partial charge in [-0.1, -0.05) is 66.7 Å². The first-order chi connectivity index (χ1) is 14.8. The van der Waals surface area contributed by atoms with Gasteiger partial charge in [-0.2, -0.15) is 13.2 Å². The number of hydrogen-bond donors (Lipinski definition) is 1. The molecule has 0 saturated carbocycles. The van der Waals surface area contributed by atoms with Gasteiger partial charge in [-0.25, -0.2) is 0 Å². The van der Waals surface area contributed by atoms with Crippen LogP contribution in [-0.2, 0) is 23.8 Å². The number of alkyl halides is 3. The summed E-state index contributed by atoms with van der Waals surface area (Å²) in [6.07, 6.45) is -0.808. The Hall–Kier alpha value is -3.08. The Morgan fingerprint density at radius 2 is 1.29 bits per heavy atom. The van der Waals surface area contributed by atoms with Crippen molar-refractivity contribution >= 4 is 5.97 Å². The molecule has 0 aliphatic carbocycles. The van der Waals surface area contributed by atoms with Crippen molar-refractivity contribution in [1.29, 1.82) is 0 Å². The Morgan fingerprint density at radius 1 is 0.742 bits per heavy atom. The predicted molar refractivity (Wildman–Crippen MR) is 116 cm³/mol. The van der Waals surface area contributed by atoms with Gasteiger partial charge in [0.2, 0.25) is 0 Å². The molecule has 0 saturated heterocycles. The Bertz CT molecular complexity index is 962. The molecule has 0 spiro atoms. The number of aryl methyl sites for hydroxylation is 2. The molecule has 1 unspecified atom stereocenters. The number of carbonyl (C=O) groups is 1. The van der Waals surface area contributed by atoms with Crippen LogP contribution in [-0.4, -0.2) is 11.1 Å². The maximum absolute atomic E-state index is 12.7. The summed E-state index contributed by atoms with van der Waals surface area (Å²) >= 11 is 0. The van der Waals surface area contributed by atoms with Crippen molar-refractivity contribution in [3.63, 3.8) is 0 Å². The Balaban J connectivity index is 1.53. The molecule has 3 aromatic carbocycles. The molecule has 31 heavy (non-hydrogen) atoms. The van der Waals surface area contributed by atoms with Gasteiger partial charge in [0, 0.05) is 0 Å². The molecule has 5 heteroatoms. The van der Waals surface area contributed by atoms with E-state index in [9.17, 15) is 23.1 Å². The van der Waals surface area contributed by atoms with Crippen molar-refractivity contribution in [1.82, 2.24) is 0 Å². The summed E-state index contributed by atoms with van der Waals surface area (Å²) in [7, 11) is 0. The van der Waals surface area contributed by atoms with Gasteiger partial charge in [0.1, 0.15) is 0 Å². The van der Waals surface area contributed by atoms with Crippen LogP contribution >= 0.6 is 0 Å². The van der Waals surface area contributed by atoms with E-state index in [-0.39, 0.29) is 0 Å². The van der Waals surface area contributed by atoms with Crippen LogP contribution in [0, 0.1) is 5.92 Å². The van der Waals surface area contributed by atoms with E-state index in [0.717, 1.165) is 36.1 Å². The average Bonchev–Trinajstić information content (AvgIpc) is 2.76. The van der Waals surface area contributed by atoms with E-state index in [2.05, 4.69) is 0 Å². The zero-order valence-electron chi connectivity index (χ0n) is 17.1. The lowest BCUT2D eigenvalue weighted by atomic mass is 9.93. The number of carboxylic acid groups (broad SMARTS) is 1. The number of benzene rings is 3. The van der Waals surface area contributed by atoms with E-state index in [1.807, 2.05) is 54.6 Å². The highest BCUT2D eigenvalue weighted by Crippen LogP contribution is 2.31. The summed E-state index contributed by atoms with van der Waals surface area (Å²) in [6, 6.07) is 22.7. The molecule has 162 valence electrons. The summed E-state index contributed by atoms with van der Waals surface area (Å²) in [5, 5.41) is 9.54. The maximum Gasteiger partial charge on any atom is 0.416 e. The summed E-state index contributed by atoms with van der Waals surface area (Å²) in [6.45, 7) is 0. The van der Waals surface area contributed by atoms with Gasteiger partial charge >= 0.3 is 12.1 Å². The van der Waals surface area contributed by atoms with Crippen LogP contribution in [0.25, 0.3) is 11.1 Å². The van der Waals surface area contributed by atoms with E-state index >= 15 is 0 Å². The molecule has 0 aliphatic rings. The number of carboxylic acids is 1. The van der Waals surface area contributed by atoms with E-state index in [1.54, 1.807) is 0 Å². The molecular formula is C26H25F3O2. The highest BCUT2D eigenvalue weighted by molar-refractivity contribution is 5.70. The van der Waals surface area contributed by atoms with Crippen LogP contribution in [0.5, 0.6) is 0 Å². The third-order valence-corrected chi connectivity index (χ3v) is 5.49. The minimum atomic E-state index is -4.34. The van der Waals surface area contributed by atoms with Gasteiger partial charge in [-0.15, -0.1) is 0 Å². The predicted octanol–water partition coefficient (Wildman–Crippen LogP) is 7.03. The van der Waals surface area contributed by atoms with Crippen molar-refractivity contribution in [2.24, 2.45) is 5.92 Å². The van der Waals surface area contributed by atoms with Crippen molar-refractivity contribution in [3.05, 3.63) is 95.6 Å². The average molecular weight is 426 g/mol. The largest absolute Gasteiger partial charge is 0.481 e. The lowest BCUT2D eigenvalue weighted by molar-refractivity contribution is -0.142. The van der Waals surface area contributed by atoms with E-state index in [0.29, 0.717) is 24.8 Å². The number of hydrogen-bond acceptors (Lipinski definition) is 1. The third-order valence-electron chi connectivity index (χ3n) is 5.49. The zero-order valence-corrected chi connectivity index (χ0v) is 17.1. The SMILES string of the molecule is O=C(O)C(CCCc1ccccc1)CCc1ccc(-c2ccc(C(F)(F)F)cc2)cc1. The molecule has 0 bridgehead atoms. The van der Waals surface area contributed by atoms with Gasteiger partial charge < -0.3 is 5.11 Å². The van der Waals surface area contributed by atoms with Crippen LogP contribution in [0.4, 0.5) is 13.2 Å². The molecule has 0 aromatic heterocycles. The standard InChI is InChI=1S/C26H25F3O2/c27-26(28,29)24-17-15-22(16-18-24)21-12-9-20(10-13-21)11-14-23(25(30)31)8-4-7-19-5-2-1-3-6-19/h1-3,5-6,9-10,12-13,15-18,23H,4,7-8,11,14H2,(H,30,31). The van der Waals surface area contributed by atoms with Gasteiger partial charge in [0.15, 0.2) is 0 Å². The first kappa shape index (κ1) is 22.6. The van der Waals surface area contributed by atoms with Crippen molar-refractivity contribution < 1.29 is 23.1 Å². The fourth-order valence-corrected chi connectivity index (χ4v) is 3.64. The summed E-state index contributed by atoms with van der Waals surface area (Å²) in [5.41, 5.74) is 3.11. The Morgan fingerprint density at radius 3 is 1.84 bits per heavy atom. The Labute approximate surface area is 180 Å². The summed E-state index contributed by atoms with van der Waals surface area (Å²) in [4.78, 5) is 11.6. The van der Waals surface area contributed by atoms with Gasteiger partial charge in [-0.3, -0.25) is 4.79 Å². The second-order valence-electron chi connectivity index (χ2n) is 7.72. The maximum atomic E-state index is 12.7. The third kappa shape index (κ3) is 6.71.